The lowest BCUT2D eigenvalue weighted by Crippen LogP contribution is -2.41. The molecule has 1 amide bonds. The van der Waals surface area contributed by atoms with E-state index in [1.165, 1.54) is 17.1 Å². The van der Waals surface area contributed by atoms with Crippen LogP contribution in [0.2, 0.25) is 0 Å². The van der Waals surface area contributed by atoms with Crippen LogP contribution in [0.15, 0.2) is 24.4 Å². The fraction of sp³-hybridized carbons (Fsp3) is 0.455. The molecule has 0 fully saturated rings. The molecule has 0 aromatic heterocycles. The second-order valence-corrected chi connectivity index (χ2v) is 3.67. The molecule has 3 N–H and O–H groups in total. The van der Waals surface area contributed by atoms with Gasteiger partial charge in [0.2, 0.25) is 0 Å². The molecule has 5 nitrogen and oxygen atoms in total. The van der Waals surface area contributed by atoms with Crippen LogP contribution in [0.5, 0.6) is 0 Å². The minimum absolute atomic E-state index is 0.315. The maximum atomic E-state index is 11.5. The first-order chi connectivity index (χ1) is 7.57. The number of allylic oxidation sites excluding steroid dienone is 1. The van der Waals surface area contributed by atoms with Gasteiger partial charge in [-0.2, -0.15) is 0 Å². The van der Waals surface area contributed by atoms with Gasteiger partial charge in [-0.15, -0.1) is 0 Å². The fourth-order valence-corrected chi connectivity index (χ4v) is 1.67. The number of nitrogens with zero attached hydrogens (tertiary/aromatic N) is 1. The molecule has 88 valence electrons. The Morgan fingerprint density at radius 1 is 1.50 bits per heavy atom. The Morgan fingerprint density at radius 3 is 2.62 bits per heavy atom. The molecule has 0 spiro atoms. The van der Waals surface area contributed by atoms with Crippen LogP contribution in [0.1, 0.15) is 19.3 Å². The van der Waals surface area contributed by atoms with E-state index in [0.717, 1.165) is 6.42 Å². The number of carbonyl (C=O) groups is 2. The molecule has 0 aliphatic carbocycles. The van der Waals surface area contributed by atoms with Crippen LogP contribution < -0.4 is 5.73 Å². The van der Waals surface area contributed by atoms with E-state index in [1.54, 1.807) is 0 Å². The standard InChI is InChI=1S/C11H16N2O3/c1-8-5-6-10(14)13(8)9(11(15)16)4-2-3-7-12/h5-6,9H,1-4,7,12H2,(H,15,16). The third-order valence-electron chi connectivity index (χ3n) is 2.49. The first-order valence-corrected chi connectivity index (χ1v) is 5.21. The number of hydrogen-bond acceptors (Lipinski definition) is 3. The molecular formula is C11H16N2O3. The Morgan fingerprint density at radius 2 is 2.19 bits per heavy atom. The monoisotopic (exact) mass is 224 g/mol. The Hall–Kier alpha value is -1.62. The van der Waals surface area contributed by atoms with Gasteiger partial charge < -0.3 is 10.8 Å². The zero-order chi connectivity index (χ0) is 12.1. The third-order valence-corrected chi connectivity index (χ3v) is 2.49. The Kier molecular flexibility index (Phi) is 4.25. The summed E-state index contributed by atoms with van der Waals surface area (Å²) >= 11 is 0. The minimum Gasteiger partial charge on any atom is -0.480 e. The lowest BCUT2D eigenvalue weighted by molar-refractivity contribution is -0.146. The van der Waals surface area contributed by atoms with E-state index in [1.807, 2.05) is 0 Å². The van der Waals surface area contributed by atoms with E-state index in [9.17, 15) is 9.59 Å². The average molecular weight is 224 g/mol. The summed E-state index contributed by atoms with van der Waals surface area (Å²) in [5.74, 6) is -1.32. The Balaban J connectivity index is 2.67. The largest absolute Gasteiger partial charge is 0.480 e. The van der Waals surface area contributed by atoms with E-state index in [0.29, 0.717) is 25.1 Å². The number of hydrogen-bond donors (Lipinski definition) is 2. The summed E-state index contributed by atoms with van der Waals surface area (Å²) in [6.07, 6.45) is 4.71. The highest BCUT2D eigenvalue weighted by Crippen LogP contribution is 2.20. The molecule has 5 heteroatoms. The molecule has 0 aromatic carbocycles. The van der Waals surface area contributed by atoms with Gasteiger partial charge in [0.15, 0.2) is 0 Å². The van der Waals surface area contributed by atoms with Crippen LogP contribution in [0.3, 0.4) is 0 Å². The van der Waals surface area contributed by atoms with Crippen LogP contribution in [0.25, 0.3) is 0 Å². The van der Waals surface area contributed by atoms with Crippen molar-refractivity contribution in [2.45, 2.75) is 25.3 Å². The van der Waals surface area contributed by atoms with Crippen molar-refractivity contribution in [3.63, 3.8) is 0 Å². The average Bonchev–Trinajstić information content (AvgIpc) is 2.54. The van der Waals surface area contributed by atoms with Gasteiger partial charge in [-0.1, -0.05) is 6.58 Å². The summed E-state index contributed by atoms with van der Waals surface area (Å²) in [6, 6.07) is -0.832. The highest BCUT2D eigenvalue weighted by molar-refractivity contribution is 5.96. The SMILES string of the molecule is C=C1C=CC(=O)N1C(CCCCN)C(=O)O. The number of carbonyl (C=O) groups excluding carboxylic acids is 1. The van der Waals surface area contributed by atoms with Gasteiger partial charge in [0.25, 0.3) is 5.91 Å². The third kappa shape index (κ3) is 2.70. The molecule has 1 rings (SSSR count). The molecule has 0 saturated carbocycles. The van der Waals surface area contributed by atoms with Crippen molar-refractivity contribution < 1.29 is 14.7 Å². The van der Waals surface area contributed by atoms with Crippen molar-refractivity contribution in [2.75, 3.05) is 6.54 Å². The van der Waals surface area contributed by atoms with Gasteiger partial charge in [0, 0.05) is 11.8 Å². The second-order valence-electron chi connectivity index (χ2n) is 3.67. The highest BCUT2D eigenvalue weighted by atomic mass is 16.4. The lowest BCUT2D eigenvalue weighted by Gasteiger charge is -2.25. The van der Waals surface area contributed by atoms with Crippen molar-refractivity contribution in [2.24, 2.45) is 5.73 Å². The van der Waals surface area contributed by atoms with Crippen LogP contribution >= 0.6 is 0 Å². The Labute approximate surface area is 94.2 Å². The minimum atomic E-state index is -1.00. The highest BCUT2D eigenvalue weighted by Gasteiger charge is 2.31. The number of aliphatic carboxylic acids is 1. The number of amides is 1. The van der Waals surface area contributed by atoms with Crippen LogP contribution in [0.4, 0.5) is 0 Å². The van der Waals surface area contributed by atoms with E-state index >= 15 is 0 Å². The number of carboxylic acid groups (broad SMARTS) is 1. The zero-order valence-corrected chi connectivity index (χ0v) is 9.06. The zero-order valence-electron chi connectivity index (χ0n) is 9.06. The van der Waals surface area contributed by atoms with Gasteiger partial charge >= 0.3 is 5.97 Å². The normalized spacial score (nSPS) is 16.9. The predicted octanol–water partition coefficient (Wildman–Crippen LogP) is 0.481. The summed E-state index contributed by atoms with van der Waals surface area (Å²) in [5, 5.41) is 9.07. The summed E-state index contributed by atoms with van der Waals surface area (Å²) in [6.45, 7) is 4.18. The summed E-state index contributed by atoms with van der Waals surface area (Å²) in [4.78, 5) is 23.8. The van der Waals surface area contributed by atoms with Crippen molar-refractivity contribution in [1.29, 1.82) is 0 Å². The summed E-state index contributed by atoms with van der Waals surface area (Å²) in [7, 11) is 0. The van der Waals surface area contributed by atoms with Crippen molar-refractivity contribution in [3.05, 3.63) is 24.4 Å². The van der Waals surface area contributed by atoms with E-state index in [-0.39, 0.29) is 5.91 Å². The van der Waals surface area contributed by atoms with Gasteiger partial charge in [-0.3, -0.25) is 9.69 Å². The molecule has 1 unspecified atom stereocenters. The molecular weight excluding hydrogens is 208 g/mol. The number of nitrogens with two attached hydrogens (primary N) is 1. The molecule has 0 aromatic rings. The van der Waals surface area contributed by atoms with Crippen LogP contribution in [-0.2, 0) is 9.59 Å². The van der Waals surface area contributed by atoms with E-state index < -0.39 is 12.0 Å². The number of rotatable bonds is 6. The quantitative estimate of drug-likeness (QED) is 0.643. The lowest BCUT2D eigenvalue weighted by atomic mass is 10.1. The smallest absolute Gasteiger partial charge is 0.326 e. The molecule has 1 aliphatic heterocycles. The summed E-state index contributed by atoms with van der Waals surface area (Å²) in [5.41, 5.74) is 5.78. The molecule has 1 atom stereocenters. The van der Waals surface area contributed by atoms with Crippen LogP contribution in [-0.4, -0.2) is 34.5 Å². The number of unbranched alkanes of at least 4 members (excludes halogenated alkanes) is 1. The first kappa shape index (κ1) is 12.4. The Bertz CT molecular complexity index is 318. The topological polar surface area (TPSA) is 83.6 Å². The van der Waals surface area contributed by atoms with E-state index in [2.05, 4.69) is 6.58 Å². The molecule has 0 radical (unpaired) electrons. The molecule has 1 heterocycles. The first-order valence-electron chi connectivity index (χ1n) is 5.21. The fourth-order valence-electron chi connectivity index (χ4n) is 1.67. The molecule has 1 aliphatic rings. The van der Waals surface area contributed by atoms with Crippen LogP contribution in [0, 0.1) is 0 Å². The molecule has 16 heavy (non-hydrogen) atoms. The van der Waals surface area contributed by atoms with Crippen molar-refractivity contribution in [3.8, 4) is 0 Å². The summed E-state index contributed by atoms with van der Waals surface area (Å²) < 4.78 is 0. The van der Waals surface area contributed by atoms with Gasteiger partial charge in [0.05, 0.1) is 0 Å². The predicted molar refractivity (Wildman–Crippen MR) is 59.5 cm³/mol. The van der Waals surface area contributed by atoms with Crippen molar-refractivity contribution >= 4 is 11.9 Å². The molecule has 0 bridgehead atoms. The maximum Gasteiger partial charge on any atom is 0.326 e. The van der Waals surface area contributed by atoms with Crippen molar-refractivity contribution in [1.82, 2.24) is 4.90 Å². The second kappa shape index (κ2) is 5.46. The van der Waals surface area contributed by atoms with Gasteiger partial charge in [-0.25, -0.2) is 4.79 Å². The molecule has 0 saturated heterocycles. The van der Waals surface area contributed by atoms with Gasteiger partial charge in [0.1, 0.15) is 6.04 Å². The maximum absolute atomic E-state index is 11.5. The van der Waals surface area contributed by atoms with E-state index in [4.69, 9.17) is 10.8 Å². The van der Waals surface area contributed by atoms with Gasteiger partial charge in [-0.05, 0) is 31.9 Å². The number of carboxylic acids is 1.